The SMILES string of the molecule is CCN1CCCC(NC(C)c2cnccn2)C1. The van der Waals surface area contributed by atoms with Crippen LogP contribution >= 0.6 is 0 Å². The first-order valence-electron chi connectivity index (χ1n) is 6.54. The molecule has 2 unspecified atom stereocenters. The summed E-state index contributed by atoms with van der Waals surface area (Å²) in [5.74, 6) is 0. The summed E-state index contributed by atoms with van der Waals surface area (Å²) >= 11 is 0. The Bertz CT molecular complexity index is 327. The Morgan fingerprint density at radius 3 is 3.12 bits per heavy atom. The summed E-state index contributed by atoms with van der Waals surface area (Å²) in [7, 11) is 0. The van der Waals surface area contributed by atoms with Crippen LogP contribution in [-0.2, 0) is 0 Å². The number of aromatic nitrogens is 2. The van der Waals surface area contributed by atoms with E-state index in [2.05, 4.69) is 34.0 Å². The molecule has 0 radical (unpaired) electrons. The van der Waals surface area contributed by atoms with Crippen molar-refractivity contribution < 1.29 is 0 Å². The van der Waals surface area contributed by atoms with E-state index in [9.17, 15) is 0 Å². The lowest BCUT2D eigenvalue weighted by Gasteiger charge is -2.33. The molecule has 0 saturated carbocycles. The second-order valence-corrected chi connectivity index (χ2v) is 4.75. The number of hydrogen-bond donors (Lipinski definition) is 1. The topological polar surface area (TPSA) is 41.0 Å². The van der Waals surface area contributed by atoms with Gasteiger partial charge in [-0.25, -0.2) is 0 Å². The third kappa shape index (κ3) is 3.48. The summed E-state index contributed by atoms with van der Waals surface area (Å²) in [4.78, 5) is 11.0. The molecule has 1 aliphatic heterocycles. The number of hydrogen-bond acceptors (Lipinski definition) is 4. The van der Waals surface area contributed by atoms with Gasteiger partial charge in [0, 0.05) is 37.2 Å². The van der Waals surface area contributed by atoms with Crippen LogP contribution in [0.5, 0.6) is 0 Å². The van der Waals surface area contributed by atoms with Crippen LogP contribution in [0.3, 0.4) is 0 Å². The van der Waals surface area contributed by atoms with Gasteiger partial charge in [0.25, 0.3) is 0 Å². The number of nitrogens with zero attached hydrogens (tertiary/aromatic N) is 3. The highest BCUT2D eigenvalue weighted by atomic mass is 15.2. The first-order chi connectivity index (χ1) is 8.29. The summed E-state index contributed by atoms with van der Waals surface area (Å²) in [6.07, 6.45) is 7.88. The van der Waals surface area contributed by atoms with Crippen LogP contribution < -0.4 is 5.32 Å². The maximum Gasteiger partial charge on any atom is 0.0753 e. The van der Waals surface area contributed by atoms with Crippen molar-refractivity contribution in [2.45, 2.75) is 38.8 Å². The third-order valence-corrected chi connectivity index (χ3v) is 3.47. The molecule has 17 heavy (non-hydrogen) atoms. The molecule has 1 aromatic heterocycles. The zero-order valence-electron chi connectivity index (χ0n) is 10.8. The largest absolute Gasteiger partial charge is 0.305 e. The predicted octanol–water partition coefficient (Wildman–Crippen LogP) is 1.61. The Morgan fingerprint density at radius 1 is 1.53 bits per heavy atom. The molecule has 94 valence electrons. The van der Waals surface area contributed by atoms with Crippen molar-refractivity contribution in [3.8, 4) is 0 Å². The van der Waals surface area contributed by atoms with Gasteiger partial charge >= 0.3 is 0 Å². The molecule has 0 spiro atoms. The number of likely N-dealkylation sites (N-methyl/N-ethyl adjacent to an activating group) is 1. The standard InChI is InChI=1S/C13H22N4/c1-3-17-8-4-5-12(10-17)16-11(2)13-9-14-6-7-15-13/h6-7,9,11-12,16H,3-5,8,10H2,1-2H3. The molecule has 0 bridgehead atoms. The Hall–Kier alpha value is -1.00. The van der Waals surface area contributed by atoms with E-state index >= 15 is 0 Å². The van der Waals surface area contributed by atoms with Gasteiger partial charge in [0.15, 0.2) is 0 Å². The highest BCUT2D eigenvalue weighted by Crippen LogP contribution is 2.14. The molecular formula is C13H22N4. The minimum Gasteiger partial charge on any atom is -0.305 e. The Balaban J connectivity index is 1.88. The van der Waals surface area contributed by atoms with Gasteiger partial charge in [0.1, 0.15) is 0 Å². The Morgan fingerprint density at radius 2 is 2.41 bits per heavy atom. The smallest absolute Gasteiger partial charge is 0.0753 e. The minimum atomic E-state index is 0.283. The molecule has 1 fully saturated rings. The van der Waals surface area contributed by atoms with E-state index in [1.54, 1.807) is 12.4 Å². The summed E-state index contributed by atoms with van der Waals surface area (Å²) < 4.78 is 0. The van der Waals surface area contributed by atoms with Crippen LogP contribution in [0, 0.1) is 0 Å². The van der Waals surface area contributed by atoms with Crippen molar-refractivity contribution in [2.75, 3.05) is 19.6 Å². The van der Waals surface area contributed by atoms with Crippen LogP contribution in [0.25, 0.3) is 0 Å². The summed E-state index contributed by atoms with van der Waals surface area (Å²) in [5.41, 5.74) is 1.03. The number of piperidine rings is 1. The summed E-state index contributed by atoms with van der Waals surface area (Å²) in [6, 6.07) is 0.867. The molecule has 4 heteroatoms. The Kier molecular flexibility index (Phi) is 4.45. The molecule has 1 aliphatic rings. The fourth-order valence-corrected chi connectivity index (χ4v) is 2.45. The zero-order valence-corrected chi connectivity index (χ0v) is 10.8. The lowest BCUT2D eigenvalue weighted by Crippen LogP contribution is -2.46. The number of nitrogens with one attached hydrogen (secondary N) is 1. The number of rotatable bonds is 4. The van der Waals surface area contributed by atoms with E-state index in [1.807, 2.05) is 6.20 Å². The van der Waals surface area contributed by atoms with E-state index in [0.717, 1.165) is 18.8 Å². The lowest BCUT2D eigenvalue weighted by molar-refractivity contribution is 0.191. The average Bonchev–Trinajstić information content (AvgIpc) is 2.40. The van der Waals surface area contributed by atoms with Crippen LogP contribution in [0.1, 0.15) is 38.4 Å². The lowest BCUT2D eigenvalue weighted by atomic mass is 10.0. The van der Waals surface area contributed by atoms with Gasteiger partial charge in [-0.1, -0.05) is 6.92 Å². The van der Waals surface area contributed by atoms with Crippen LogP contribution in [0.4, 0.5) is 0 Å². The normalized spacial score (nSPS) is 23.5. The predicted molar refractivity (Wildman–Crippen MR) is 68.7 cm³/mol. The van der Waals surface area contributed by atoms with Gasteiger partial charge in [0.05, 0.1) is 5.69 Å². The molecule has 2 atom stereocenters. The fraction of sp³-hybridized carbons (Fsp3) is 0.692. The quantitative estimate of drug-likeness (QED) is 0.859. The van der Waals surface area contributed by atoms with E-state index in [1.165, 1.54) is 19.4 Å². The van der Waals surface area contributed by atoms with Gasteiger partial charge in [-0.3, -0.25) is 9.97 Å². The molecule has 2 heterocycles. The molecular weight excluding hydrogens is 212 g/mol. The minimum absolute atomic E-state index is 0.283. The molecule has 1 saturated heterocycles. The van der Waals surface area contributed by atoms with Crippen LogP contribution in [0.2, 0.25) is 0 Å². The van der Waals surface area contributed by atoms with Crippen molar-refractivity contribution >= 4 is 0 Å². The third-order valence-electron chi connectivity index (χ3n) is 3.47. The second kappa shape index (κ2) is 6.07. The van der Waals surface area contributed by atoms with Gasteiger partial charge in [-0.15, -0.1) is 0 Å². The van der Waals surface area contributed by atoms with Gasteiger partial charge in [-0.05, 0) is 32.9 Å². The molecule has 0 aliphatic carbocycles. The average molecular weight is 234 g/mol. The Labute approximate surface area is 103 Å². The molecule has 2 rings (SSSR count). The van der Waals surface area contributed by atoms with E-state index < -0.39 is 0 Å². The van der Waals surface area contributed by atoms with Gasteiger partial charge < -0.3 is 10.2 Å². The van der Waals surface area contributed by atoms with E-state index in [0.29, 0.717) is 6.04 Å². The maximum atomic E-state index is 4.34. The van der Waals surface area contributed by atoms with Gasteiger partial charge in [-0.2, -0.15) is 0 Å². The number of likely N-dealkylation sites (tertiary alicyclic amines) is 1. The highest BCUT2D eigenvalue weighted by molar-refractivity contribution is 5.01. The highest BCUT2D eigenvalue weighted by Gasteiger charge is 2.20. The van der Waals surface area contributed by atoms with Crippen molar-refractivity contribution in [1.82, 2.24) is 20.2 Å². The van der Waals surface area contributed by atoms with Crippen LogP contribution in [0.15, 0.2) is 18.6 Å². The van der Waals surface area contributed by atoms with Crippen molar-refractivity contribution in [2.24, 2.45) is 0 Å². The maximum absolute atomic E-state index is 4.34. The molecule has 1 aromatic rings. The van der Waals surface area contributed by atoms with Crippen molar-refractivity contribution in [3.63, 3.8) is 0 Å². The second-order valence-electron chi connectivity index (χ2n) is 4.75. The summed E-state index contributed by atoms with van der Waals surface area (Å²) in [6.45, 7) is 7.94. The zero-order chi connectivity index (χ0) is 12.1. The van der Waals surface area contributed by atoms with E-state index in [-0.39, 0.29) is 6.04 Å². The first-order valence-corrected chi connectivity index (χ1v) is 6.54. The first kappa shape index (κ1) is 12.5. The monoisotopic (exact) mass is 234 g/mol. The molecule has 1 N–H and O–H groups in total. The molecule has 0 aromatic carbocycles. The molecule has 4 nitrogen and oxygen atoms in total. The summed E-state index contributed by atoms with van der Waals surface area (Å²) in [5, 5.41) is 3.66. The van der Waals surface area contributed by atoms with E-state index in [4.69, 9.17) is 0 Å². The fourth-order valence-electron chi connectivity index (χ4n) is 2.45. The molecule has 0 amide bonds. The van der Waals surface area contributed by atoms with Crippen LogP contribution in [-0.4, -0.2) is 40.5 Å². The van der Waals surface area contributed by atoms with Gasteiger partial charge in [0.2, 0.25) is 0 Å². The van der Waals surface area contributed by atoms with Crippen molar-refractivity contribution in [3.05, 3.63) is 24.3 Å². The van der Waals surface area contributed by atoms with Crippen molar-refractivity contribution in [1.29, 1.82) is 0 Å².